The Labute approximate surface area is 80.6 Å². The van der Waals surface area contributed by atoms with Gasteiger partial charge in [-0.2, -0.15) is 0 Å². The molecule has 0 heterocycles. The molecule has 0 aliphatic carbocycles. The van der Waals surface area contributed by atoms with E-state index in [1.165, 1.54) is 0 Å². The van der Waals surface area contributed by atoms with E-state index in [4.69, 9.17) is 0 Å². The highest BCUT2D eigenvalue weighted by Gasteiger charge is 2.10. The first-order valence-electron chi connectivity index (χ1n) is 4.70. The van der Waals surface area contributed by atoms with Gasteiger partial charge < -0.3 is 10.6 Å². The van der Waals surface area contributed by atoms with E-state index in [2.05, 4.69) is 31.1 Å². The number of hydrogen-bond donors (Lipinski definition) is 2. The molecule has 0 saturated heterocycles. The summed E-state index contributed by atoms with van der Waals surface area (Å²) in [5.74, 6) is 0.547. The molecule has 1 atom stereocenters. The second-order valence-corrected chi connectivity index (χ2v) is 3.56. The SMILES string of the molecule is C=CCNC(C)C(=O)NCC(C)C. The van der Waals surface area contributed by atoms with Crippen LogP contribution in [-0.4, -0.2) is 25.0 Å². The molecule has 0 aliphatic rings. The van der Waals surface area contributed by atoms with E-state index in [0.29, 0.717) is 12.5 Å². The standard InChI is InChI=1S/C10H20N2O/c1-5-6-11-9(4)10(13)12-7-8(2)3/h5,8-9,11H,1,6-7H2,2-4H3,(H,12,13). The second kappa shape index (κ2) is 6.66. The van der Waals surface area contributed by atoms with Gasteiger partial charge in [-0.1, -0.05) is 19.9 Å². The zero-order chi connectivity index (χ0) is 10.3. The smallest absolute Gasteiger partial charge is 0.236 e. The van der Waals surface area contributed by atoms with Crippen molar-refractivity contribution in [2.45, 2.75) is 26.8 Å². The van der Waals surface area contributed by atoms with E-state index >= 15 is 0 Å². The van der Waals surface area contributed by atoms with Crippen LogP contribution in [0.5, 0.6) is 0 Å². The lowest BCUT2D eigenvalue weighted by Gasteiger charge is -2.13. The van der Waals surface area contributed by atoms with Crippen LogP contribution in [0.15, 0.2) is 12.7 Å². The quantitative estimate of drug-likeness (QED) is 0.603. The molecular weight excluding hydrogens is 164 g/mol. The molecule has 13 heavy (non-hydrogen) atoms. The van der Waals surface area contributed by atoms with Crippen LogP contribution in [0.25, 0.3) is 0 Å². The Morgan fingerprint density at radius 1 is 1.46 bits per heavy atom. The van der Waals surface area contributed by atoms with Crippen LogP contribution in [0.3, 0.4) is 0 Å². The summed E-state index contributed by atoms with van der Waals surface area (Å²) in [7, 11) is 0. The van der Waals surface area contributed by atoms with E-state index in [1.807, 2.05) is 6.92 Å². The van der Waals surface area contributed by atoms with Gasteiger partial charge in [0, 0.05) is 13.1 Å². The summed E-state index contributed by atoms with van der Waals surface area (Å²) >= 11 is 0. The molecule has 0 aromatic heterocycles. The van der Waals surface area contributed by atoms with E-state index in [9.17, 15) is 4.79 Å². The van der Waals surface area contributed by atoms with Crippen molar-refractivity contribution in [3.63, 3.8) is 0 Å². The summed E-state index contributed by atoms with van der Waals surface area (Å²) in [5.41, 5.74) is 0. The summed E-state index contributed by atoms with van der Waals surface area (Å²) in [6.07, 6.45) is 1.74. The highest BCUT2D eigenvalue weighted by molar-refractivity contribution is 5.81. The van der Waals surface area contributed by atoms with Crippen LogP contribution in [0.1, 0.15) is 20.8 Å². The lowest BCUT2D eigenvalue weighted by atomic mass is 10.2. The third kappa shape index (κ3) is 6.34. The molecule has 3 heteroatoms. The molecule has 76 valence electrons. The minimum absolute atomic E-state index is 0.0514. The number of amides is 1. The first-order valence-corrected chi connectivity index (χ1v) is 4.70. The molecule has 0 saturated carbocycles. The van der Waals surface area contributed by atoms with Crippen molar-refractivity contribution in [2.24, 2.45) is 5.92 Å². The predicted octanol–water partition coefficient (Wildman–Crippen LogP) is 0.923. The first kappa shape index (κ1) is 12.2. The van der Waals surface area contributed by atoms with Gasteiger partial charge in [0.1, 0.15) is 0 Å². The number of hydrogen-bond acceptors (Lipinski definition) is 2. The Bertz CT molecular complexity index is 166. The second-order valence-electron chi connectivity index (χ2n) is 3.56. The van der Waals surface area contributed by atoms with Crippen LogP contribution in [0, 0.1) is 5.92 Å². The summed E-state index contributed by atoms with van der Waals surface area (Å²) in [4.78, 5) is 11.3. The molecule has 0 aromatic carbocycles. The maximum atomic E-state index is 11.3. The average Bonchev–Trinajstić information content (AvgIpc) is 2.10. The van der Waals surface area contributed by atoms with Gasteiger partial charge in [0.2, 0.25) is 5.91 Å². The number of carbonyl (C=O) groups is 1. The van der Waals surface area contributed by atoms with Crippen molar-refractivity contribution in [1.82, 2.24) is 10.6 Å². The Kier molecular flexibility index (Phi) is 6.24. The minimum atomic E-state index is -0.142. The van der Waals surface area contributed by atoms with Gasteiger partial charge in [0.25, 0.3) is 0 Å². The van der Waals surface area contributed by atoms with Crippen molar-refractivity contribution in [3.05, 3.63) is 12.7 Å². The molecule has 1 unspecified atom stereocenters. The molecule has 1 amide bonds. The van der Waals surface area contributed by atoms with Crippen molar-refractivity contribution in [2.75, 3.05) is 13.1 Å². The van der Waals surface area contributed by atoms with Crippen LogP contribution in [0.2, 0.25) is 0 Å². The van der Waals surface area contributed by atoms with Crippen molar-refractivity contribution in [1.29, 1.82) is 0 Å². The molecule has 0 bridgehead atoms. The van der Waals surface area contributed by atoms with Crippen LogP contribution >= 0.6 is 0 Å². The summed E-state index contributed by atoms with van der Waals surface area (Å²) in [6, 6.07) is -0.142. The molecular formula is C10H20N2O. The summed E-state index contributed by atoms with van der Waals surface area (Å²) in [6.45, 7) is 11.0. The van der Waals surface area contributed by atoms with Crippen LogP contribution in [0.4, 0.5) is 0 Å². The van der Waals surface area contributed by atoms with Crippen LogP contribution in [-0.2, 0) is 4.79 Å². The number of carbonyl (C=O) groups excluding carboxylic acids is 1. The minimum Gasteiger partial charge on any atom is -0.354 e. The molecule has 0 rings (SSSR count). The molecule has 3 nitrogen and oxygen atoms in total. The Morgan fingerprint density at radius 3 is 2.54 bits per heavy atom. The zero-order valence-corrected chi connectivity index (χ0v) is 8.76. The molecule has 2 N–H and O–H groups in total. The van der Waals surface area contributed by atoms with Crippen molar-refractivity contribution in [3.8, 4) is 0 Å². The molecule has 0 spiro atoms. The maximum Gasteiger partial charge on any atom is 0.236 e. The van der Waals surface area contributed by atoms with Crippen molar-refractivity contribution >= 4 is 5.91 Å². The zero-order valence-electron chi connectivity index (χ0n) is 8.76. The van der Waals surface area contributed by atoms with Gasteiger partial charge in [-0.15, -0.1) is 6.58 Å². The van der Waals surface area contributed by atoms with E-state index in [-0.39, 0.29) is 11.9 Å². The third-order valence-electron chi connectivity index (χ3n) is 1.65. The van der Waals surface area contributed by atoms with Gasteiger partial charge in [-0.25, -0.2) is 0 Å². The average molecular weight is 184 g/mol. The largest absolute Gasteiger partial charge is 0.354 e. The Balaban J connectivity index is 3.62. The fourth-order valence-electron chi connectivity index (χ4n) is 0.811. The van der Waals surface area contributed by atoms with Crippen LogP contribution < -0.4 is 10.6 Å². The summed E-state index contributed by atoms with van der Waals surface area (Å²) in [5, 5.41) is 5.88. The van der Waals surface area contributed by atoms with Gasteiger partial charge in [0.05, 0.1) is 6.04 Å². The Morgan fingerprint density at radius 2 is 2.08 bits per heavy atom. The topological polar surface area (TPSA) is 41.1 Å². The number of nitrogens with one attached hydrogen (secondary N) is 2. The van der Waals surface area contributed by atoms with E-state index in [1.54, 1.807) is 6.08 Å². The maximum absolute atomic E-state index is 11.3. The highest BCUT2D eigenvalue weighted by Crippen LogP contribution is 1.88. The van der Waals surface area contributed by atoms with E-state index < -0.39 is 0 Å². The van der Waals surface area contributed by atoms with Crippen molar-refractivity contribution < 1.29 is 4.79 Å². The molecule has 0 radical (unpaired) electrons. The monoisotopic (exact) mass is 184 g/mol. The summed E-state index contributed by atoms with van der Waals surface area (Å²) < 4.78 is 0. The van der Waals surface area contributed by atoms with E-state index in [0.717, 1.165) is 6.54 Å². The van der Waals surface area contributed by atoms with Gasteiger partial charge in [-0.3, -0.25) is 4.79 Å². The normalized spacial score (nSPS) is 12.6. The fraction of sp³-hybridized carbons (Fsp3) is 0.700. The van der Waals surface area contributed by atoms with Gasteiger partial charge in [-0.05, 0) is 12.8 Å². The molecule has 0 aromatic rings. The predicted molar refractivity (Wildman–Crippen MR) is 55.5 cm³/mol. The highest BCUT2D eigenvalue weighted by atomic mass is 16.2. The molecule has 0 aliphatic heterocycles. The number of rotatable bonds is 6. The third-order valence-corrected chi connectivity index (χ3v) is 1.65. The van der Waals surface area contributed by atoms with Gasteiger partial charge in [0.15, 0.2) is 0 Å². The fourth-order valence-corrected chi connectivity index (χ4v) is 0.811. The lowest BCUT2D eigenvalue weighted by Crippen LogP contribution is -2.43. The Hall–Kier alpha value is -0.830. The van der Waals surface area contributed by atoms with Gasteiger partial charge >= 0.3 is 0 Å². The first-order chi connectivity index (χ1) is 6.07. The molecule has 0 fully saturated rings. The lowest BCUT2D eigenvalue weighted by molar-refractivity contribution is -0.122.